The maximum atomic E-state index is 11.7. The van der Waals surface area contributed by atoms with E-state index in [-0.39, 0.29) is 0 Å². The molecule has 0 unspecified atom stereocenters. The fourth-order valence-corrected chi connectivity index (χ4v) is 2.98. The van der Waals surface area contributed by atoms with Crippen molar-refractivity contribution in [2.75, 3.05) is 7.11 Å². The summed E-state index contributed by atoms with van der Waals surface area (Å²) < 4.78 is 10.7. The van der Waals surface area contributed by atoms with Crippen LogP contribution in [-0.4, -0.2) is 28.0 Å². The number of esters is 1. The highest BCUT2D eigenvalue weighted by Crippen LogP contribution is 2.33. The van der Waals surface area contributed by atoms with E-state index >= 15 is 0 Å². The Hall–Kier alpha value is -4.06. The minimum Gasteiger partial charge on any atom is -0.497 e. The summed E-state index contributed by atoms with van der Waals surface area (Å²) in [7, 11) is 1.55. The molecule has 0 amide bonds. The number of hydrogen-bond donors (Lipinski definition) is 0. The second-order valence-corrected chi connectivity index (χ2v) is 6.49. The quantitative estimate of drug-likeness (QED) is 0.355. The summed E-state index contributed by atoms with van der Waals surface area (Å²) in [4.78, 5) is 25.7. The number of methoxy groups -OCH3 is 1. The Morgan fingerprint density at radius 1 is 0.733 bits per heavy atom. The number of aromatic nitrogens is 3. The Morgan fingerprint density at radius 2 is 1.27 bits per heavy atom. The number of benzene rings is 3. The van der Waals surface area contributed by atoms with Crippen molar-refractivity contribution >= 4 is 5.97 Å². The molecule has 0 aliphatic heterocycles. The molecule has 6 heteroatoms. The molecule has 0 saturated heterocycles. The highest BCUT2D eigenvalue weighted by atomic mass is 16.5. The predicted molar refractivity (Wildman–Crippen MR) is 114 cm³/mol. The monoisotopic (exact) mass is 397 g/mol. The molecule has 1 aromatic heterocycles. The molecule has 0 aliphatic rings. The topological polar surface area (TPSA) is 74.2 Å². The summed E-state index contributed by atoms with van der Waals surface area (Å²) in [5.74, 6) is 1.92. The molecule has 0 radical (unpaired) electrons. The summed E-state index contributed by atoms with van der Waals surface area (Å²) in [5.41, 5.74) is 2.30. The first kappa shape index (κ1) is 19.3. The van der Waals surface area contributed by atoms with E-state index in [4.69, 9.17) is 9.47 Å². The Kier molecular flexibility index (Phi) is 5.48. The lowest BCUT2D eigenvalue weighted by atomic mass is 10.1. The summed E-state index contributed by atoms with van der Waals surface area (Å²) >= 11 is 0. The van der Waals surface area contributed by atoms with Crippen LogP contribution in [0.2, 0.25) is 0 Å². The van der Waals surface area contributed by atoms with Crippen LogP contribution in [0.4, 0.5) is 0 Å². The van der Waals surface area contributed by atoms with Crippen LogP contribution in [0, 0.1) is 0 Å². The van der Waals surface area contributed by atoms with Gasteiger partial charge in [0.1, 0.15) is 11.5 Å². The van der Waals surface area contributed by atoms with Gasteiger partial charge in [-0.3, -0.25) is 4.79 Å². The largest absolute Gasteiger partial charge is 0.497 e. The van der Waals surface area contributed by atoms with Gasteiger partial charge in [0, 0.05) is 24.1 Å². The minimum absolute atomic E-state index is 0.325. The Balaban J connectivity index is 1.93. The Labute approximate surface area is 174 Å². The predicted octanol–water partition coefficient (Wildman–Crippen LogP) is 4.81. The van der Waals surface area contributed by atoms with Crippen molar-refractivity contribution in [1.29, 1.82) is 0 Å². The van der Waals surface area contributed by atoms with Crippen molar-refractivity contribution in [2.45, 2.75) is 6.92 Å². The van der Waals surface area contributed by atoms with Gasteiger partial charge in [0.15, 0.2) is 17.5 Å². The van der Waals surface area contributed by atoms with Crippen molar-refractivity contribution < 1.29 is 14.3 Å². The Morgan fingerprint density at radius 3 is 1.77 bits per heavy atom. The SMILES string of the molecule is COc1ccc(-c2nc(-c3ccccc3)nc(-c3ccccc3)n2)c(OC(C)=O)c1. The van der Waals surface area contributed by atoms with E-state index < -0.39 is 5.97 Å². The first-order chi connectivity index (χ1) is 14.6. The van der Waals surface area contributed by atoms with Crippen LogP contribution in [-0.2, 0) is 4.79 Å². The lowest BCUT2D eigenvalue weighted by Gasteiger charge is -2.12. The number of rotatable bonds is 5. The van der Waals surface area contributed by atoms with Crippen molar-refractivity contribution in [3.05, 3.63) is 78.9 Å². The van der Waals surface area contributed by atoms with E-state index in [9.17, 15) is 4.79 Å². The maximum Gasteiger partial charge on any atom is 0.308 e. The molecule has 0 bridgehead atoms. The first-order valence-corrected chi connectivity index (χ1v) is 9.38. The van der Waals surface area contributed by atoms with Gasteiger partial charge < -0.3 is 9.47 Å². The van der Waals surface area contributed by atoms with Crippen LogP contribution in [0.3, 0.4) is 0 Å². The average molecular weight is 397 g/mol. The summed E-state index contributed by atoms with van der Waals surface area (Å²) in [6.45, 7) is 1.35. The van der Waals surface area contributed by atoms with Gasteiger partial charge in [-0.2, -0.15) is 0 Å². The van der Waals surface area contributed by atoms with Crippen molar-refractivity contribution in [3.63, 3.8) is 0 Å². The molecular weight excluding hydrogens is 378 g/mol. The second-order valence-electron chi connectivity index (χ2n) is 6.49. The second kappa shape index (κ2) is 8.53. The van der Waals surface area contributed by atoms with Gasteiger partial charge in [-0.25, -0.2) is 15.0 Å². The zero-order chi connectivity index (χ0) is 20.9. The number of carbonyl (C=O) groups excluding carboxylic acids is 1. The molecule has 4 aromatic rings. The fourth-order valence-electron chi connectivity index (χ4n) is 2.98. The van der Waals surface area contributed by atoms with E-state index in [1.165, 1.54) is 6.92 Å². The van der Waals surface area contributed by atoms with Crippen molar-refractivity contribution in [3.8, 4) is 45.7 Å². The van der Waals surface area contributed by atoms with Crippen LogP contribution in [0.25, 0.3) is 34.2 Å². The molecule has 0 atom stereocenters. The number of ether oxygens (including phenoxy) is 2. The third-order valence-corrected chi connectivity index (χ3v) is 4.38. The van der Waals surface area contributed by atoms with Gasteiger partial charge in [0.05, 0.1) is 12.7 Å². The number of hydrogen-bond acceptors (Lipinski definition) is 6. The smallest absolute Gasteiger partial charge is 0.308 e. The molecule has 4 rings (SSSR count). The van der Waals surface area contributed by atoms with E-state index in [0.717, 1.165) is 11.1 Å². The molecule has 0 fully saturated rings. The Bertz CT molecular complexity index is 1120. The maximum absolute atomic E-state index is 11.7. The van der Waals surface area contributed by atoms with Gasteiger partial charge in [0.25, 0.3) is 0 Å². The lowest BCUT2D eigenvalue weighted by molar-refractivity contribution is -0.131. The molecule has 3 aromatic carbocycles. The summed E-state index contributed by atoms with van der Waals surface area (Å²) in [6.07, 6.45) is 0. The lowest BCUT2D eigenvalue weighted by Crippen LogP contribution is -2.05. The van der Waals surface area contributed by atoms with Gasteiger partial charge in [-0.15, -0.1) is 0 Å². The molecule has 0 aliphatic carbocycles. The van der Waals surface area contributed by atoms with Gasteiger partial charge in [-0.1, -0.05) is 60.7 Å². The van der Waals surface area contributed by atoms with E-state index in [1.54, 1.807) is 25.3 Å². The average Bonchev–Trinajstić information content (AvgIpc) is 2.79. The van der Waals surface area contributed by atoms with Gasteiger partial charge >= 0.3 is 5.97 Å². The molecule has 0 spiro atoms. The number of nitrogens with zero attached hydrogens (tertiary/aromatic N) is 3. The fraction of sp³-hybridized carbons (Fsp3) is 0.0833. The molecular formula is C24H19N3O3. The van der Waals surface area contributed by atoms with Crippen LogP contribution >= 0.6 is 0 Å². The highest BCUT2D eigenvalue weighted by molar-refractivity contribution is 5.76. The van der Waals surface area contributed by atoms with E-state index in [1.807, 2.05) is 60.7 Å². The van der Waals surface area contributed by atoms with Gasteiger partial charge in [-0.05, 0) is 12.1 Å². The zero-order valence-corrected chi connectivity index (χ0v) is 16.6. The van der Waals surface area contributed by atoms with Crippen LogP contribution in [0.5, 0.6) is 11.5 Å². The van der Waals surface area contributed by atoms with Crippen LogP contribution in [0.15, 0.2) is 78.9 Å². The van der Waals surface area contributed by atoms with E-state index in [2.05, 4.69) is 15.0 Å². The summed E-state index contributed by atoms with van der Waals surface area (Å²) in [6, 6.07) is 24.5. The van der Waals surface area contributed by atoms with Gasteiger partial charge in [0.2, 0.25) is 0 Å². The molecule has 0 saturated carbocycles. The molecule has 30 heavy (non-hydrogen) atoms. The van der Waals surface area contributed by atoms with Crippen LogP contribution < -0.4 is 9.47 Å². The molecule has 6 nitrogen and oxygen atoms in total. The third kappa shape index (κ3) is 4.17. The highest BCUT2D eigenvalue weighted by Gasteiger charge is 2.17. The molecule has 0 N–H and O–H groups in total. The normalized spacial score (nSPS) is 10.5. The minimum atomic E-state index is -0.440. The van der Waals surface area contributed by atoms with Crippen LogP contribution in [0.1, 0.15) is 6.92 Å². The van der Waals surface area contributed by atoms with E-state index in [0.29, 0.717) is 34.5 Å². The zero-order valence-electron chi connectivity index (χ0n) is 16.6. The number of carbonyl (C=O) groups is 1. The first-order valence-electron chi connectivity index (χ1n) is 9.38. The third-order valence-electron chi connectivity index (χ3n) is 4.38. The standard InChI is InChI=1S/C24H19N3O3/c1-16(28)30-21-15-19(29-2)13-14-20(21)24-26-22(17-9-5-3-6-10-17)25-23(27-24)18-11-7-4-8-12-18/h3-15H,1-2H3. The van der Waals surface area contributed by atoms with Crippen molar-refractivity contribution in [1.82, 2.24) is 15.0 Å². The van der Waals surface area contributed by atoms with Crippen molar-refractivity contribution in [2.24, 2.45) is 0 Å². The molecule has 148 valence electrons. The summed E-state index contributed by atoms with van der Waals surface area (Å²) in [5, 5.41) is 0. The molecule has 1 heterocycles.